The van der Waals surface area contributed by atoms with Crippen LogP contribution in [-0.2, 0) is 26.2 Å². The summed E-state index contributed by atoms with van der Waals surface area (Å²) in [4.78, 5) is 28.5. The third kappa shape index (κ3) is 7.41. The third-order valence-electron chi connectivity index (χ3n) is 6.75. The number of nitrogens with zero attached hydrogens (tertiary/aromatic N) is 2. The van der Waals surface area contributed by atoms with Gasteiger partial charge in [-0.15, -0.1) is 0 Å². The van der Waals surface area contributed by atoms with Gasteiger partial charge in [0.1, 0.15) is 18.3 Å². The molecule has 0 aromatic heterocycles. The number of hydrogen-bond acceptors (Lipinski definition) is 5. The SMILES string of the molecule is CCCNC(=O)[C@H](C)N(Cc1ccc(OC)cc1)C(=O)CN(c1cc(C)ccc1C)S(=O)(=O)c1ccc(C)cc1. The van der Waals surface area contributed by atoms with E-state index in [1.54, 1.807) is 56.5 Å². The Hall–Kier alpha value is -3.85. The van der Waals surface area contributed by atoms with Crippen molar-refractivity contribution in [1.82, 2.24) is 10.2 Å². The first-order valence-corrected chi connectivity index (χ1v) is 14.8. The van der Waals surface area contributed by atoms with Crippen LogP contribution in [0.4, 0.5) is 5.69 Å². The number of benzene rings is 3. The molecule has 1 atom stereocenters. The Morgan fingerprint density at radius 1 is 0.925 bits per heavy atom. The molecule has 0 heterocycles. The first kappa shape index (κ1) is 30.7. The van der Waals surface area contributed by atoms with Crippen LogP contribution in [0.15, 0.2) is 71.6 Å². The van der Waals surface area contributed by atoms with Crippen molar-refractivity contribution in [3.8, 4) is 5.75 Å². The molecule has 214 valence electrons. The lowest BCUT2D eigenvalue weighted by Gasteiger charge is -2.32. The Morgan fingerprint density at radius 2 is 1.55 bits per heavy atom. The van der Waals surface area contributed by atoms with Gasteiger partial charge in [-0.25, -0.2) is 8.42 Å². The lowest BCUT2D eigenvalue weighted by atomic mass is 10.1. The molecule has 0 aliphatic rings. The summed E-state index contributed by atoms with van der Waals surface area (Å²) in [7, 11) is -2.54. The van der Waals surface area contributed by atoms with Crippen molar-refractivity contribution in [1.29, 1.82) is 0 Å². The molecule has 3 aromatic rings. The van der Waals surface area contributed by atoms with Crippen LogP contribution in [0.2, 0.25) is 0 Å². The minimum Gasteiger partial charge on any atom is -0.497 e. The second kappa shape index (κ2) is 13.5. The van der Waals surface area contributed by atoms with E-state index in [2.05, 4.69) is 5.32 Å². The quantitative estimate of drug-likeness (QED) is 0.342. The molecule has 40 heavy (non-hydrogen) atoms. The second-order valence-corrected chi connectivity index (χ2v) is 11.8. The van der Waals surface area contributed by atoms with Crippen molar-refractivity contribution in [3.05, 3.63) is 89.0 Å². The summed E-state index contributed by atoms with van der Waals surface area (Å²) in [6, 6.07) is 18.4. The molecule has 9 heteroatoms. The molecule has 0 bridgehead atoms. The fraction of sp³-hybridized carbons (Fsp3) is 0.355. The standard InChI is InChI=1S/C31H39N3O5S/c1-7-18-32-31(36)25(5)33(20-26-12-14-27(39-6)15-13-26)30(35)21-34(29-19-23(3)8-11-24(29)4)40(37,38)28-16-9-22(2)10-17-28/h8-17,19,25H,7,18,20-21H2,1-6H3,(H,32,36)/t25-/m0/s1. The van der Waals surface area contributed by atoms with Crippen LogP contribution >= 0.6 is 0 Å². The van der Waals surface area contributed by atoms with E-state index >= 15 is 0 Å². The van der Waals surface area contributed by atoms with E-state index < -0.39 is 28.5 Å². The van der Waals surface area contributed by atoms with Crippen molar-refractivity contribution in [2.45, 2.75) is 58.5 Å². The van der Waals surface area contributed by atoms with Gasteiger partial charge < -0.3 is 15.0 Å². The lowest BCUT2D eigenvalue weighted by molar-refractivity contribution is -0.139. The van der Waals surface area contributed by atoms with E-state index in [1.165, 1.54) is 4.90 Å². The molecule has 8 nitrogen and oxygen atoms in total. The molecule has 3 aromatic carbocycles. The van der Waals surface area contributed by atoms with E-state index in [1.807, 2.05) is 52.0 Å². The Morgan fingerprint density at radius 3 is 2.15 bits per heavy atom. The Labute approximate surface area is 238 Å². The van der Waals surface area contributed by atoms with Crippen LogP contribution in [0.5, 0.6) is 5.75 Å². The average molecular weight is 566 g/mol. The molecule has 2 amide bonds. The maximum atomic E-state index is 14.0. The number of hydrogen-bond donors (Lipinski definition) is 1. The number of anilines is 1. The molecule has 0 unspecified atom stereocenters. The fourth-order valence-corrected chi connectivity index (χ4v) is 5.72. The fourth-order valence-electron chi connectivity index (χ4n) is 4.25. The monoisotopic (exact) mass is 565 g/mol. The van der Waals surface area contributed by atoms with Crippen LogP contribution in [0, 0.1) is 20.8 Å². The number of amides is 2. The highest BCUT2D eigenvalue weighted by atomic mass is 32.2. The Kier molecular flexibility index (Phi) is 10.3. The number of ether oxygens (including phenoxy) is 1. The Balaban J connectivity index is 2.05. The van der Waals surface area contributed by atoms with Gasteiger partial charge in [0, 0.05) is 13.1 Å². The largest absolute Gasteiger partial charge is 0.497 e. The van der Waals surface area contributed by atoms with Gasteiger partial charge in [-0.05, 0) is 81.1 Å². The molecule has 0 fully saturated rings. The number of sulfonamides is 1. The van der Waals surface area contributed by atoms with Gasteiger partial charge in [0.2, 0.25) is 11.8 Å². The number of carbonyl (C=O) groups is 2. The zero-order valence-corrected chi connectivity index (χ0v) is 24.9. The highest BCUT2D eigenvalue weighted by molar-refractivity contribution is 7.92. The maximum Gasteiger partial charge on any atom is 0.264 e. The molecule has 0 saturated heterocycles. The molecule has 0 radical (unpaired) electrons. The molecule has 1 N–H and O–H groups in total. The number of carbonyl (C=O) groups excluding carboxylic acids is 2. The van der Waals surface area contributed by atoms with Gasteiger partial charge in [0.15, 0.2) is 0 Å². The highest BCUT2D eigenvalue weighted by Gasteiger charge is 2.33. The molecule has 3 rings (SSSR count). The van der Waals surface area contributed by atoms with Gasteiger partial charge >= 0.3 is 0 Å². The summed E-state index contributed by atoms with van der Waals surface area (Å²) in [5, 5.41) is 2.85. The highest BCUT2D eigenvalue weighted by Crippen LogP contribution is 2.29. The van der Waals surface area contributed by atoms with Crippen molar-refractivity contribution < 1.29 is 22.7 Å². The predicted molar refractivity (Wildman–Crippen MR) is 158 cm³/mol. The molecule has 0 aliphatic carbocycles. The van der Waals surface area contributed by atoms with Crippen LogP contribution in [0.25, 0.3) is 0 Å². The van der Waals surface area contributed by atoms with Crippen molar-refractivity contribution in [2.24, 2.45) is 0 Å². The van der Waals surface area contributed by atoms with Gasteiger partial charge in [-0.2, -0.15) is 0 Å². The van der Waals surface area contributed by atoms with E-state index in [4.69, 9.17) is 4.74 Å². The maximum absolute atomic E-state index is 14.0. The average Bonchev–Trinajstić information content (AvgIpc) is 2.94. The van der Waals surface area contributed by atoms with E-state index in [0.29, 0.717) is 23.5 Å². The second-order valence-electron chi connectivity index (χ2n) is 9.95. The van der Waals surface area contributed by atoms with Gasteiger partial charge in [-0.1, -0.05) is 48.9 Å². The smallest absolute Gasteiger partial charge is 0.264 e. The van der Waals surface area contributed by atoms with Crippen molar-refractivity contribution >= 4 is 27.5 Å². The minimum absolute atomic E-state index is 0.0854. The first-order valence-electron chi connectivity index (χ1n) is 13.3. The van der Waals surface area contributed by atoms with E-state index in [0.717, 1.165) is 27.4 Å². The van der Waals surface area contributed by atoms with Crippen LogP contribution < -0.4 is 14.4 Å². The topological polar surface area (TPSA) is 96.0 Å². The van der Waals surface area contributed by atoms with E-state index in [-0.39, 0.29) is 17.3 Å². The summed E-state index contributed by atoms with van der Waals surface area (Å²) in [5.41, 5.74) is 3.69. The molecular weight excluding hydrogens is 526 g/mol. The van der Waals surface area contributed by atoms with E-state index in [9.17, 15) is 18.0 Å². The van der Waals surface area contributed by atoms with Gasteiger partial charge in [0.25, 0.3) is 10.0 Å². The summed E-state index contributed by atoms with van der Waals surface area (Å²) in [5.74, 6) is -0.129. The van der Waals surface area contributed by atoms with Crippen LogP contribution in [0.3, 0.4) is 0 Å². The van der Waals surface area contributed by atoms with Crippen LogP contribution in [-0.4, -0.2) is 51.4 Å². The first-order chi connectivity index (χ1) is 19.0. The lowest BCUT2D eigenvalue weighted by Crippen LogP contribution is -2.51. The molecular formula is C31H39N3O5S. The predicted octanol–water partition coefficient (Wildman–Crippen LogP) is 4.76. The molecule has 0 aliphatic heterocycles. The number of methoxy groups -OCH3 is 1. The summed E-state index contributed by atoms with van der Waals surface area (Å²) in [6.45, 7) is 9.29. The normalized spacial score (nSPS) is 11.9. The number of nitrogens with one attached hydrogen (secondary N) is 1. The Bertz CT molecular complexity index is 1420. The molecule has 0 saturated carbocycles. The van der Waals surface area contributed by atoms with Gasteiger partial charge in [0.05, 0.1) is 17.7 Å². The summed E-state index contributed by atoms with van der Waals surface area (Å²) >= 11 is 0. The van der Waals surface area contributed by atoms with Gasteiger partial charge in [-0.3, -0.25) is 13.9 Å². The summed E-state index contributed by atoms with van der Waals surface area (Å²) in [6.07, 6.45) is 0.750. The number of aryl methyl sites for hydroxylation is 3. The minimum atomic E-state index is -4.11. The van der Waals surface area contributed by atoms with Crippen molar-refractivity contribution in [3.63, 3.8) is 0 Å². The van der Waals surface area contributed by atoms with Crippen molar-refractivity contribution in [2.75, 3.05) is 24.5 Å². The van der Waals surface area contributed by atoms with Crippen LogP contribution in [0.1, 0.15) is 42.5 Å². The third-order valence-corrected chi connectivity index (χ3v) is 8.52. The zero-order chi connectivity index (χ0) is 29.4. The molecule has 0 spiro atoms. The number of rotatable bonds is 12. The zero-order valence-electron chi connectivity index (χ0n) is 24.1. The summed E-state index contributed by atoms with van der Waals surface area (Å²) < 4.78 is 34.4.